The highest BCUT2D eigenvalue weighted by molar-refractivity contribution is 9.10. The Morgan fingerprint density at radius 3 is 3.21 bits per heavy atom. The lowest BCUT2D eigenvalue weighted by Crippen LogP contribution is -2.00. The Labute approximate surface area is 88.8 Å². The number of hydrogen-bond acceptors (Lipinski definition) is 4. The molecule has 0 spiro atoms. The van der Waals surface area contributed by atoms with E-state index in [0.717, 1.165) is 15.8 Å². The number of H-pyrrole nitrogens is 1. The van der Waals surface area contributed by atoms with Crippen molar-refractivity contribution in [2.45, 2.75) is 0 Å². The minimum atomic E-state index is 0.637. The molecule has 0 unspecified atom stereocenters. The molecule has 2 rings (SSSR count). The zero-order valence-corrected chi connectivity index (χ0v) is 8.87. The molecule has 0 aliphatic heterocycles. The SMILES string of the molecule is C=CCNc1ncnc2n[nH]c(Br)c12. The van der Waals surface area contributed by atoms with Crippen molar-refractivity contribution in [1.29, 1.82) is 0 Å². The summed E-state index contributed by atoms with van der Waals surface area (Å²) < 4.78 is 0.777. The van der Waals surface area contributed by atoms with Crippen molar-refractivity contribution >= 4 is 32.8 Å². The van der Waals surface area contributed by atoms with Gasteiger partial charge in [-0.15, -0.1) is 6.58 Å². The molecule has 72 valence electrons. The molecule has 0 saturated carbocycles. The number of rotatable bonds is 3. The molecule has 2 heterocycles. The van der Waals surface area contributed by atoms with E-state index >= 15 is 0 Å². The number of anilines is 1. The molecule has 0 bridgehead atoms. The Balaban J connectivity index is 2.51. The van der Waals surface area contributed by atoms with Gasteiger partial charge in [-0.25, -0.2) is 9.97 Å². The van der Waals surface area contributed by atoms with Gasteiger partial charge in [-0.1, -0.05) is 6.08 Å². The Bertz CT molecular complexity index is 464. The number of nitrogens with zero attached hydrogens (tertiary/aromatic N) is 3. The van der Waals surface area contributed by atoms with E-state index in [2.05, 4.69) is 48.0 Å². The number of aromatic nitrogens is 4. The lowest BCUT2D eigenvalue weighted by Gasteiger charge is -2.02. The van der Waals surface area contributed by atoms with Crippen LogP contribution in [0.4, 0.5) is 5.82 Å². The number of aromatic amines is 1. The molecule has 0 radical (unpaired) electrons. The van der Waals surface area contributed by atoms with E-state index < -0.39 is 0 Å². The maximum absolute atomic E-state index is 4.12. The zero-order valence-electron chi connectivity index (χ0n) is 7.29. The van der Waals surface area contributed by atoms with Crippen LogP contribution in [-0.4, -0.2) is 26.7 Å². The van der Waals surface area contributed by atoms with E-state index in [4.69, 9.17) is 0 Å². The molecule has 0 aromatic carbocycles. The van der Waals surface area contributed by atoms with Gasteiger partial charge in [-0.2, -0.15) is 5.10 Å². The molecule has 0 amide bonds. The largest absolute Gasteiger partial charge is 0.366 e. The summed E-state index contributed by atoms with van der Waals surface area (Å²) in [7, 11) is 0. The maximum Gasteiger partial charge on any atom is 0.187 e. The van der Waals surface area contributed by atoms with Gasteiger partial charge in [0.25, 0.3) is 0 Å². The summed E-state index contributed by atoms with van der Waals surface area (Å²) in [6, 6.07) is 0. The van der Waals surface area contributed by atoms with E-state index in [1.807, 2.05) is 0 Å². The van der Waals surface area contributed by atoms with Crippen molar-refractivity contribution in [2.24, 2.45) is 0 Å². The Morgan fingerprint density at radius 2 is 2.43 bits per heavy atom. The first-order valence-electron chi connectivity index (χ1n) is 4.02. The predicted molar refractivity (Wildman–Crippen MR) is 58.1 cm³/mol. The molecule has 0 aliphatic carbocycles. The first kappa shape index (κ1) is 9.14. The quantitative estimate of drug-likeness (QED) is 0.818. The molecule has 0 fully saturated rings. The molecule has 0 aliphatic rings. The van der Waals surface area contributed by atoms with Crippen LogP contribution in [0.25, 0.3) is 11.0 Å². The van der Waals surface area contributed by atoms with Crippen molar-refractivity contribution in [2.75, 3.05) is 11.9 Å². The van der Waals surface area contributed by atoms with Crippen molar-refractivity contribution in [1.82, 2.24) is 20.2 Å². The van der Waals surface area contributed by atoms with Gasteiger partial charge in [0.2, 0.25) is 0 Å². The summed E-state index contributed by atoms with van der Waals surface area (Å²) in [5, 5.41) is 10.8. The van der Waals surface area contributed by atoms with Gasteiger partial charge in [0, 0.05) is 6.54 Å². The number of halogens is 1. The zero-order chi connectivity index (χ0) is 9.97. The van der Waals surface area contributed by atoms with Gasteiger partial charge in [-0.3, -0.25) is 5.10 Å². The summed E-state index contributed by atoms with van der Waals surface area (Å²) in [6.07, 6.45) is 3.24. The third-order valence-corrected chi connectivity index (χ3v) is 2.29. The van der Waals surface area contributed by atoms with Crippen LogP contribution in [0.2, 0.25) is 0 Å². The van der Waals surface area contributed by atoms with Gasteiger partial charge < -0.3 is 5.32 Å². The minimum absolute atomic E-state index is 0.637. The fourth-order valence-electron chi connectivity index (χ4n) is 1.12. The van der Waals surface area contributed by atoms with E-state index in [-0.39, 0.29) is 0 Å². The molecular weight excluding hydrogens is 246 g/mol. The van der Waals surface area contributed by atoms with Crippen LogP contribution in [0.1, 0.15) is 0 Å². The van der Waals surface area contributed by atoms with Gasteiger partial charge in [-0.05, 0) is 15.9 Å². The first-order valence-corrected chi connectivity index (χ1v) is 4.81. The van der Waals surface area contributed by atoms with E-state index in [1.54, 1.807) is 6.08 Å². The predicted octanol–water partition coefficient (Wildman–Crippen LogP) is 1.71. The highest BCUT2D eigenvalue weighted by Crippen LogP contribution is 2.24. The standard InChI is InChI=1S/C8H8BrN5/c1-2-3-10-7-5-6(9)13-14-8(5)12-4-11-7/h2,4H,1,3H2,(H2,10,11,12,13,14). The van der Waals surface area contributed by atoms with Gasteiger partial charge >= 0.3 is 0 Å². The van der Waals surface area contributed by atoms with Crippen molar-refractivity contribution in [3.05, 3.63) is 23.6 Å². The summed E-state index contributed by atoms with van der Waals surface area (Å²) in [6.45, 7) is 4.28. The third kappa shape index (κ3) is 1.48. The molecule has 14 heavy (non-hydrogen) atoms. The van der Waals surface area contributed by atoms with Crippen LogP contribution in [0, 0.1) is 0 Å². The molecule has 2 aromatic rings. The van der Waals surface area contributed by atoms with Crippen LogP contribution in [0.15, 0.2) is 23.6 Å². The fourth-order valence-corrected chi connectivity index (χ4v) is 1.58. The maximum atomic E-state index is 4.12. The first-order chi connectivity index (χ1) is 6.83. The molecule has 0 saturated heterocycles. The van der Waals surface area contributed by atoms with Crippen LogP contribution < -0.4 is 5.32 Å². The molecule has 6 heteroatoms. The summed E-state index contributed by atoms with van der Waals surface area (Å²) in [5.74, 6) is 0.746. The van der Waals surface area contributed by atoms with Crippen LogP contribution in [0.5, 0.6) is 0 Å². The second-order valence-electron chi connectivity index (χ2n) is 2.63. The molecule has 5 nitrogen and oxygen atoms in total. The highest BCUT2D eigenvalue weighted by atomic mass is 79.9. The van der Waals surface area contributed by atoms with Crippen LogP contribution in [-0.2, 0) is 0 Å². The van der Waals surface area contributed by atoms with Gasteiger partial charge in [0.15, 0.2) is 5.65 Å². The van der Waals surface area contributed by atoms with E-state index in [0.29, 0.717) is 12.2 Å². The monoisotopic (exact) mass is 253 g/mol. The fraction of sp³-hybridized carbons (Fsp3) is 0.125. The second-order valence-corrected chi connectivity index (χ2v) is 3.42. The molecule has 2 N–H and O–H groups in total. The molecule has 2 aromatic heterocycles. The van der Waals surface area contributed by atoms with E-state index in [1.165, 1.54) is 6.33 Å². The van der Waals surface area contributed by atoms with Crippen LogP contribution in [0.3, 0.4) is 0 Å². The van der Waals surface area contributed by atoms with Crippen molar-refractivity contribution in [3.8, 4) is 0 Å². The van der Waals surface area contributed by atoms with Gasteiger partial charge in [0.1, 0.15) is 16.7 Å². The Hall–Kier alpha value is -1.43. The lowest BCUT2D eigenvalue weighted by atomic mass is 10.4. The average molecular weight is 254 g/mol. The lowest BCUT2D eigenvalue weighted by molar-refractivity contribution is 1.07. The molecule has 0 atom stereocenters. The van der Waals surface area contributed by atoms with Crippen LogP contribution >= 0.6 is 15.9 Å². The smallest absolute Gasteiger partial charge is 0.187 e. The Kier molecular flexibility index (Phi) is 2.45. The summed E-state index contributed by atoms with van der Waals surface area (Å²) >= 11 is 3.35. The van der Waals surface area contributed by atoms with E-state index in [9.17, 15) is 0 Å². The third-order valence-electron chi connectivity index (χ3n) is 1.72. The highest BCUT2D eigenvalue weighted by Gasteiger charge is 2.09. The summed E-state index contributed by atoms with van der Waals surface area (Å²) in [5.41, 5.74) is 0.637. The number of fused-ring (bicyclic) bond motifs is 1. The van der Waals surface area contributed by atoms with Crippen molar-refractivity contribution < 1.29 is 0 Å². The second kappa shape index (κ2) is 3.75. The Morgan fingerprint density at radius 1 is 1.57 bits per heavy atom. The minimum Gasteiger partial charge on any atom is -0.366 e. The number of nitrogens with one attached hydrogen (secondary N) is 2. The number of hydrogen-bond donors (Lipinski definition) is 2. The van der Waals surface area contributed by atoms with Crippen molar-refractivity contribution in [3.63, 3.8) is 0 Å². The summed E-state index contributed by atoms with van der Waals surface area (Å²) in [4.78, 5) is 8.14. The topological polar surface area (TPSA) is 66.5 Å². The van der Waals surface area contributed by atoms with Gasteiger partial charge in [0.05, 0.1) is 5.39 Å². The normalized spacial score (nSPS) is 10.4. The molecular formula is C8H8BrN5. The average Bonchev–Trinajstić information content (AvgIpc) is 2.58.